The van der Waals surface area contributed by atoms with Crippen molar-refractivity contribution in [1.82, 2.24) is 4.98 Å². The molecule has 4 rings (SSSR count). The number of rotatable bonds is 12. The SMILES string of the molecule is CCC(C)(CC)Oc1cccc2c1ccc1c(-c3[c-]c(C)cc(C)c3)nccc12.CCC(CC)C(=O)/C=C(\O)C(CC)CC.[Ir]. The van der Waals surface area contributed by atoms with Gasteiger partial charge in [0.1, 0.15) is 11.4 Å². The van der Waals surface area contributed by atoms with Crippen molar-refractivity contribution in [2.75, 3.05) is 0 Å². The molecule has 0 atom stereocenters. The Morgan fingerprint density at radius 3 is 2.04 bits per heavy atom. The molecular formula is C40H52IrNO3-. The number of hydrogen-bond acceptors (Lipinski definition) is 4. The number of aromatic nitrogens is 1. The van der Waals surface area contributed by atoms with Crippen LogP contribution in [0.25, 0.3) is 32.8 Å². The van der Waals surface area contributed by atoms with Gasteiger partial charge in [-0.25, -0.2) is 0 Å². The van der Waals surface area contributed by atoms with E-state index in [1.807, 2.05) is 33.9 Å². The van der Waals surface area contributed by atoms with Crippen LogP contribution >= 0.6 is 0 Å². The van der Waals surface area contributed by atoms with Crippen molar-refractivity contribution < 1.29 is 34.7 Å². The molecule has 0 fully saturated rings. The minimum absolute atomic E-state index is 0. The van der Waals surface area contributed by atoms with Gasteiger partial charge in [0, 0.05) is 49.6 Å². The van der Waals surface area contributed by atoms with Gasteiger partial charge in [0.25, 0.3) is 0 Å². The van der Waals surface area contributed by atoms with Gasteiger partial charge in [-0.1, -0.05) is 79.7 Å². The predicted molar refractivity (Wildman–Crippen MR) is 186 cm³/mol. The van der Waals surface area contributed by atoms with Crippen LogP contribution < -0.4 is 4.74 Å². The molecule has 245 valence electrons. The third-order valence-corrected chi connectivity index (χ3v) is 9.10. The van der Waals surface area contributed by atoms with Gasteiger partial charge < -0.3 is 14.8 Å². The number of fused-ring (bicyclic) bond motifs is 3. The zero-order valence-corrected chi connectivity index (χ0v) is 31.1. The van der Waals surface area contributed by atoms with E-state index in [0.29, 0.717) is 0 Å². The fraction of sp³-hybridized carbons (Fsp3) is 0.450. The summed E-state index contributed by atoms with van der Waals surface area (Å²) in [5, 5.41) is 14.4. The number of ketones is 1. The number of hydrogen-bond donors (Lipinski definition) is 1. The van der Waals surface area contributed by atoms with Gasteiger partial charge in [0.15, 0.2) is 5.78 Å². The van der Waals surface area contributed by atoms with E-state index in [-0.39, 0.29) is 49.1 Å². The van der Waals surface area contributed by atoms with E-state index in [4.69, 9.17) is 9.72 Å². The molecule has 1 radical (unpaired) electrons. The fourth-order valence-electron chi connectivity index (χ4n) is 5.76. The molecule has 0 spiro atoms. The quantitative estimate of drug-likeness (QED) is 0.0672. The van der Waals surface area contributed by atoms with Crippen LogP contribution in [0.1, 0.15) is 98.1 Å². The molecule has 0 saturated heterocycles. The van der Waals surface area contributed by atoms with Gasteiger partial charge in [0.05, 0.1) is 5.76 Å². The van der Waals surface area contributed by atoms with Gasteiger partial charge in [-0.2, -0.15) is 0 Å². The molecule has 1 N–H and O–H groups in total. The molecular weight excluding hydrogens is 735 g/mol. The third-order valence-electron chi connectivity index (χ3n) is 9.10. The van der Waals surface area contributed by atoms with Crippen LogP contribution in [0, 0.1) is 31.7 Å². The molecule has 4 aromatic rings. The van der Waals surface area contributed by atoms with Crippen molar-refractivity contribution in [2.45, 2.75) is 106 Å². The second-order valence-corrected chi connectivity index (χ2v) is 12.2. The first kappa shape index (κ1) is 38.2. The Hall–Kier alpha value is -3.01. The van der Waals surface area contributed by atoms with Crippen molar-refractivity contribution in [3.8, 4) is 17.0 Å². The van der Waals surface area contributed by atoms with Crippen molar-refractivity contribution in [3.63, 3.8) is 0 Å². The zero-order chi connectivity index (χ0) is 32.4. The molecule has 4 nitrogen and oxygen atoms in total. The number of allylic oxidation sites excluding steroid dienone is 2. The summed E-state index contributed by atoms with van der Waals surface area (Å²) in [6.45, 7) is 18.8. The number of carbonyl (C=O) groups excluding carboxylic acids is 1. The van der Waals surface area contributed by atoms with E-state index in [9.17, 15) is 9.90 Å². The molecule has 0 bridgehead atoms. The van der Waals surface area contributed by atoms with Crippen LogP contribution in [-0.2, 0) is 24.9 Å². The summed E-state index contributed by atoms with van der Waals surface area (Å²) < 4.78 is 6.49. The summed E-state index contributed by atoms with van der Waals surface area (Å²) in [6, 6.07) is 20.6. The zero-order valence-electron chi connectivity index (χ0n) is 28.7. The maximum Gasteiger partial charge on any atom is 0.162 e. The summed E-state index contributed by atoms with van der Waals surface area (Å²) in [5.41, 5.74) is 4.23. The molecule has 45 heavy (non-hydrogen) atoms. The van der Waals surface area contributed by atoms with Crippen LogP contribution in [0.2, 0.25) is 0 Å². The Labute approximate surface area is 285 Å². The maximum atomic E-state index is 11.7. The third kappa shape index (κ3) is 9.50. The van der Waals surface area contributed by atoms with Crippen LogP contribution in [0.3, 0.4) is 0 Å². The van der Waals surface area contributed by atoms with E-state index in [1.165, 1.54) is 22.4 Å². The standard InChI is InChI=1S/C27H28NO.C13H24O2.Ir/c1-6-27(5,7-2)29-25-10-8-9-21-22-13-14-28-26(24(22)12-11-23(21)25)20-16-18(3)15-19(4)17-20;1-5-10(6-2)12(14)9-13(15)11(7-3)8-4;/h8-16H,6-7H2,1-5H3;9-11,14H,5-8H2,1-4H3;/q-1;;/b;12-9-;. The van der Waals surface area contributed by atoms with E-state index < -0.39 is 0 Å². The molecule has 0 aliphatic heterocycles. The van der Waals surface area contributed by atoms with E-state index >= 15 is 0 Å². The van der Waals surface area contributed by atoms with Crippen LogP contribution in [0.4, 0.5) is 0 Å². The van der Waals surface area contributed by atoms with Gasteiger partial charge >= 0.3 is 0 Å². The minimum atomic E-state index is -0.152. The number of aryl methyl sites for hydroxylation is 2. The molecule has 1 heterocycles. The summed E-state index contributed by atoms with van der Waals surface area (Å²) in [7, 11) is 0. The first-order valence-corrected chi connectivity index (χ1v) is 16.5. The summed E-state index contributed by atoms with van der Waals surface area (Å²) in [4.78, 5) is 16.4. The number of aliphatic hydroxyl groups excluding tert-OH is 1. The maximum absolute atomic E-state index is 11.7. The van der Waals surface area contributed by atoms with E-state index in [0.717, 1.165) is 71.9 Å². The number of nitrogens with zero attached hydrogens (tertiary/aromatic N) is 1. The van der Waals surface area contributed by atoms with Crippen LogP contribution in [-0.4, -0.2) is 21.5 Å². The largest absolute Gasteiger partial charge is 0.512 e. The summed E-state index contributed by atoms with van der Waals surface area (Å²) in [5.74, 6) is 1.50. The average Bonchev–Trinajstić information content (AvgIpc) is 3.01. The Balaban J connectivity index is 0.000000378. The van der Waals surface area contributed by atoms with Crippen molar-refractivity contribution in [1.29, 1.82) is 0 Å². The predicted octanol–water partition coefficient (Wildman–Crippen LogP) is 11.3. The van der Waals surface area contributed by atoms with Gasteiger partial charge in [0.2, 0.25) is 0 Å². The Bertz CT molecular complexity index is 1560. The first-order chi connectivity index (χ1) is 21.0. The summed E-state index contributed by atoms with van der Waals surface area (Å²) in [6.07, 6.45) is 8.76. The molecule has 5 heteroatoms. The molecule has 0 aliphatic carbocycles. The smallest absolute Gasteiger partial charge is 0.162 e. The van der Waals surface area contributed by atoms with E-state index in [1.54, 1.807) is 0 Å². The van der Waals surface area contributed by atoms with Crippen LogP contribution in [0.15, 0.2) is 66.6 Å². The second-order valence-electron chi connectivity index (χ2n) is 12.2. The Morgan fingerprint density at radius 2 is 1.47 bits per heavy atom. The summed E-state index contributed by atoms with van der Waals surface area (Å²) >= 11 is 0. The molecule has 1 aromatic heterocycles. The van der Waals surface area contributed by atoms with Crippen LogP contribution in [0.5, 0.6) is 5.75 Å². The number of benzene rings is 3. The molecule has 0 saturated carbocycles. The van der Waals surface area contributed by atoms with Gasteiger partial charge in [-0.15, -0.1) is 34.9 Å². The number of carbonyl (C=O) groups is 1. The van der Waals surface area contributed by atoms with Crippen molar-refractivity contribution >= 4 is 27.3 Å². The topological polar surface area (TPSA) is 59.4 Å². The number of ether oxygens (including phenoxy) is 1. The molecule has 3 aromatic carbocycles. The number of pyridine rings is 1. The Kier molecular flexibility index (Phi) is 14.9. The van der Waals surface area contributed by atoms with Crippen molar-refractivity contribution in [2.24, 2.45) is 11.8 Å². The van der Waals surface area contributed by atoms with E-state index in [2.05, 4.69) is 89.2 Å². The van der Waals surface area contributed by atoms with Gasteiger partial charge in [-0.3, -0.25) is 4.79 Å². The fourth-order valence-corrected chi connectivity index (χ4v) is 5.76. The number of aliphatic hydroxyl groups is 1. The first-order valence-electron chi connectivity index (χ1n) is 16.5. The monoisotopic (exact) mass is 787 g/mol. The Morgan fingerprint density at radius 1 is 0.867 bits per heavy atom. The molecule has 0 aliphatic rings. The second kappa shape index (κ2) is 17.6. The van der Waals surface area contributed by atoms with Gasteiger partial charge in [-0.05, 0) is 79.4 Å². The molecule has 0 unspecified atom stereocenters. The van der Waals surface area contributed by atoms with Crippen molar-refractivity contribution in [3.05, 3.63) is 83.8 Å². The average molecular weight is 787 g/mol. The minimum Gasteiger partial charge on any atom is -0.512 e. The molecule has 0 amide bonds. The normalized spacial score (nSPS) is 11.8.